The molecule has 3 rings (SSSR count). The molecule has 0 bridgehead atoms. The zero-order valence-electron chi connectivity index (χ0n) is 9.21. The number of rotatable bonds is 2. The van der Waals surface area contributed by atoms with Gasteiger partial charge in [-0.1, -0.05) is 18.2 Å². The summed E-state index contributed by atoms with van der Waals surface area (Å²) in [5.74, 6) is 1.53. The number of para-hydroxylation sites is 1. The smallest absolute Gasteiger partial charge is 0.169 e. The molecule has 1 aliphatic heterocycles. The van der Waals surface area contributed by atoms with Crippen LogP contribution in [0.3, 0.4) is 0 Å². The second-order valence-corrected chi connectivity index (χ2v) is 3.98. The van der Waals surface area contributed by atoms with Crippen LogP contribution in [0, 0.1) is 0 Å². The number of ether oxygens (including phenoxy) is 1. The predicted molar refractivity (Wildman–Crippen MR) is 61.5 cm³/mol. The molecule has 1 aliphatic rings. The molecule has 17 heavy (non-hydrogen) atoms. The number of benzene rings is 1. The number of nitrogens with zero attached hydrogens (tertiary/aromatic N) is 2. The maximum absolute atomic E-state index is 9.05. The first-order valence-corrected chi connectivity index (χ1v) is 5.54. The first kappa shape index (κ1) is 10.2. The van der Waals surface area contributed by atoms with Crippen LogP contribution < -0.4 is 4.74 Å². The molecule has 1 aromatic carbocycles. The molecule has 0 aliphatic carbocycles. The van der Waals surface area contributed by atoms with E-state index < -0.39 is 0 Å². The minimum absolute atomic E-state index is 0.0742. The SMILES string of the molecule is OCc1ccnc(C2Cc3ccccc3O2)n1. The lowest BCUT2D eigenvalue weighted by Gasteiger charge is -2.09. The minimum atomic E-state index is -0.140. The van der Waals surface area contributed by atoms with Gasteiger partial charge in [0, 0.05) is 12.6 Å². The lowest BCUT2D eigenvalue weighted by atomic mass is 10.1. The maximum Gasteiger partial charge on any atom is 0.169 e. The molecule has 0 amide bonds. The quantitative estimate of drug-likeness (QED) is 0.849. The summed E-state index contributed by atoms with van der Waals surface area (Å²) in [5, 5.41) is 9.05. The van der Waals surface area contributed by atoms with Crippen LogP contribution in [0.1, 0.15) is 23.2 Å². The summed E-state index contributed by atoms with van der Waals surface area (Å²) in [7, 11) is 0. The highest BCUT2D eigenvalue weighted by molar-refractivity contribution is 5.38. The van der Waals surface area contributed by atoms with Gasteiger partial charge >= 0.3 is 0 Å². The average molecular weight is 228 g/mol. The molecule has 4 nitrogen and oxygen atoms in total. The average Bonchev–Trinajstić information content (AvgIpc) is 2.82. The third-order valence-electron chi connectivity index (χ3n) is 2.83. The number of aliphatic hydroxyl groups excluding tert-OH is 1. The zero-order valence-corrected chi connectivity index (χ0v) is 9.21. The van der Waals surface area contributed by atoms with Crippen molar-refractivity contribution >= 4 is 0 Å². The van der Waals surface area contributed by atoms with E-state index in [1.54, 1.807) is 12.3 Å². The first-order valence-electron chi connectivity index (χ1n) is 5.54. The molecule has 4 heteroatoms. The molecule has 2 heterocycles. The molecule has 0 saturated heterocycles. The zero-order chi connectivity index (χ0) is 11.7. The van der Waals surface area contributed by atoms with E-state index in [1.165, 1.54) is 5.56 Å². The standard InChI is InChI=1S/C13H12N2O2/c16-8-10-5-6-14-13(15-10)12-7-9-3-1-2-4-11(9)17-12/h1-6,12,16H,7-8H2. The van der Waals surface area contributed by atoms with E-state index in [1.807, 2.05) is 24.3 Å². The van der Waals surface area contributed by atoms with Gasteiger partial charge in [-0.25, -0.2) is 9.97 Å². The van der Waals surface area contributed by atoms with Crippen molar-refractivity contribution in [2.45, 2.75) is 19.1 Å². The van der Waals surface area contributed by atoms with Crippen molar-refractivity contribution in [1.29, 1.82) is 0 Å². The first-order chi connectivity index (χ1) is 8.36. The second-order valence-electron chi connectivity index (χ2n) is 3.98. The monoisotopic (exact) mass is 228 g/mol. The highest BCUT2D eigenvalue weighted by atomic mass is 16.5. The van der Waals surface area contributed by atoms with Gasteiger partial charge in [-0.15, -0.1) is 0 Å². The van der Waals surface area contributed by atoms with Gasteiger partial charge in [0.25, 0.3) is 0 Å². The molecule has 2 aromatic rings. The van der Waals surface area contributed by atoms with Crippen LogP contribution in [0.2, 0.25) is 0 Å². The predicted octanol–water partition coefficient (Wildman–Crippen LogP) is 1.65. The van der Waals surface area contributed by atoms with Crippen LogP contribution in [0.25, 0.3) is 0 Å². The van der Waals surface area contributed by atoms with Gasteiger partial charge in [0.1, 0.15) is 5.75 Å². The summed E-state index contributed by atoms with van der Waals surface area (Å²) >= 11 is 0. The van der Waals surface area contributed by atoms with Gasteiger partial charge in [-0.2, -0.15) is 0 Å². The molecule has 0 spiro atoms. The Bertz CT molecular complexity index is 517. The van der Waals surface area contributed by atoms with Crippen LogP contribution in [0.5, 0.6) is 5.75 Å². The van der Waals surface area contributed by atoms with Crippen molar-refractivity contribution < 1.29 is 9.84 Å². The van der Waals surface area contributed by atoms with E-state index in [4.69, 9.17) is 9.84 Å². The Labute approximate surface area is 98.9 Å². The summed E-state index contributed by atoms with van der Waals surface area (Å²) in [6.45, 7) is -0.0742. The largest absolute Gasteiger partial charge is 0.482 e. The number of fused-ring (bicyclic) bond motifs is 1. The highest BCUT2D eigenvalue weighted by Gasteiger charge is 2.26. The molecule has 0 saturated carbocycles. The number of hydrogen-bond donors (Lipinski definition) is 1. The fraction of sp³-hybridized carbons (Fsp3) is 0.231. The Kier molecular flexibility index (Phi) is 2.49. The van der Waals surface area contributed by atoms with Crippen LogP contribution in [0.4, 0.5) is 0 Å². The van der Waals surface area contributed by atoms with Gasteiger partial charge in [-0.05, 0) is 17.7 Å². The molecule has 1 N–H and O–H groups in total. The van der Waals surface area contributed by atoms with E-state index >= 15 is 0 Å². The van der Waals surface area contributed by atoms with Crippen molar-refractivity contribution in [3.63, 3.8) is 0 Å². The van der Waals surface area contributed by atoms with Crippen molar-refractivity contribution in [2.75, 3.05) is 0 Å². The van der Waals surface area contributed by atoms with Crippen LogP contribution in [0.15, 0.2) is 36.5 Å². The fourth-order valence-electron chi connectivity index (χ4n) is 1.98. The van der Waals surface area contributed by atoms with E-state index in [0.717, 1.165) is 12.2 Å². The molecule has 1 atom stereocenters. The van der Waals surface area contributed by atoms with Gasteiger partial charge < -0.3 is 9.84 Å². The molecule has 1 aromatic heterocycles. The fourth-order valence-corrected chi connectivity index (χ4v) is 1.98. The number of hydrogen-bond acceptors (Lipinski definition) is 4. The van der Waals surface area contributed by atoms with Crippen LogP contribution in [-0.4, -0.2) is 15.1 Å². The maximum atomic E-state index is 9.05. The van der Waals surface area contributed by atoms with E-state index in [9.17, 15) is 0 Å². The lowest BCUT2D eigenvalue weighted by molar-refractivity contribution is 0.224. The van der Waals surface area contributed by atoms with Gasteiger partial charge in [-0.3, -0.25) is 0 Å². The highest BCUT2D eigenvalue weighted by Crippen LogP contribution is 2.34. The topological polar surface area (TPSA) is 55.2 Å². The van der Waals surface area contributed by atoms with Crippen LogP contribution in [-0.2, 0) is 13.0 Å². The summed E-state index contributed by atoms with van der Waals surface area (Å²) in [5.41, 5.74) is 1.80. The number of aliphatic hydroxyl groups is 1. The summed E-state index contributed by atoms with van der Waals surface area (Å²) < 4.78 is 5.79. The summed E-state index contributed by atoms with van der Waals surface area (Å²) in [4.78, 5) is 8.48. The lowest BCUT2D eigenvalue weighted by Crippen LogP contribution is -2.09. The minimum Gasteiger partial charge on any atom is -0.482 e. The Morgan fingerprint density at radius 1 is 1.29 bits per heavy atom. The molecule has 0 fully saturated rings. The third kappa shape index (κ3) is 1.87. The van der Waals surface area contributed by atoms with Crippen molar-refractivity contribution in [3.8, 4) is 5.75 Å². The molecular formula is C13H12N2O2. The van der Waals surface area contributed by atoms with Gasteiger partial charge in [0.05, 0.1) is 12.3 Å². The molecule has 1 unspecified atom stereocenters. The van der Waals surface area contributed by atoms with E-state index in [-0.39, 0.29) is 12.7 Å². The summed E-state index contributed by atoms with van der Waals surface area (Å²) in [6, 6.07) is 9.64. The second kappa shape index (κ2) is 4.14. The van der Waals surface area contributed by atoms with Gasteiger partial charge in [0.15, 0.2) is 11.9 Å². The molecule has 86 valence electrons. The summed E-state index contributed by atoms with van der Waals surface area (Å²) in [6.07, 6.45) is 2.30. The van der Waals surface area contributed by atoms with Crippen molar-refractivity contribution in [1.82, 2.24) is 9.97 Å². The molecule has 0 radical (unpaired) electrons. The Morgan fingerprint density at radius 2 is 2.18 bits per heavy atom. The van der Waals surface area contributed by atoms with Crippen molar-refractivity contribution in [3.05, 3.63) is 53.6 Å². The Hall–Kier alpha value is -1.94. The van der Waals surface area contributed by atoms with E-state index in [0.29, 0.717) is 11.5 Å². The van der Waals surface area contributed by atoms with Gasteiger partial charge in [0.2, 0.25) is 0 Å². The molecular weight excluding hydrogens is 216 g/mol. The van der Waals surface area contributed by atoms with Crippen LogP contribution >= 0.6 is 0 Å². The normalized spacial score (nSPS) is 17.6. The van der Waals surface area contributed by atoms with E-state index in [2.05, 4.69) is 9.97 Å². The number of aromatic nitrogens is 2. The Morgan fingerprint density at radius 3 is 3.00 bits per heavy atom. The Balaban J connectivity index is 1.88. The third-order valence-corrected chi connectivity index (χ3v) is 2.83. The van der Waals surface area contributed by atoms with Crippen molar-refractivity contribution in [2.24, 2.45) is 0 Å².